The zero-order valence-corrected chi connectivity index (χ0v) is 12.1. The quantitative estimate of drug-likeness (QED) is 0.855. The molecule has 0 radical (unpaired) electrons. The molecule has 2 rings (SSSR count). The smallest absolute Gasteiger partial charge is 0.0270 e. The van der Waals surface area contributed by atoms with Gasteiger partial charge in [0.25, 0.3) is 0 Å². The van der Waals surface area contributed by atoms with Crippen LogP contribution < -0.4 is 5.32 Å². The predicted molar refractivity (Wildman–Crippen MR) is 78.5 cm³/mol. The highest BCUT2D eigenvalue weighted by Gasteiger charge is 1.97. The third kappa shape index (κ3) is 3.93. The Bertz CT molecular complexity index is 497. The molecule has 0 spiro atoms. The first-order valence-electron chi connectivity index (χ1n) is 6.10. The van der Waals surface area contributed by atoms with Crippen molar-refractivity contribution in [3.05, 3.63) is 63.9 Å². The van der Waals surface area contributed by atoms with Crippen LogP contribution in [0.5, 0.6) is 0 Å². The van der Waals surface area contributed by atoms with E-state index in [4.69, 9.17) is 0 Å². The van der Waals surface area contributed by atoms with Crippen LogP contribution in [0, 0.1) is 6.92 Å². The van der Waals surface area contributed by atoms with Crippen LogP contribution in [0.2, 0.25) is 0 Å². The lowest BCUT2D eigenvalue weighted by Crippen LogP contribution is -2.16. The number of rotatable bonds is 5. The number of aromatic nitrogens is 1. The lowest BCUT2D eigenvalue weighted by atomic mass is 10.1. The van der Waals surface area contributed by atoms with E-state index in [1.165, 1.54) is 21.2 Å². The molecule has 1 N–H and O–H groups in total. The summed E-state index contributed by atoms with van der Waals surface area (Å²) in [6.45, 7) is 3.99. The summed E-state index contributed by atoms with van der Waals surface area (Å²) in [5, 5.41) is 3.46. The van der Waals surface area contributed by atoms with Gasteiger partial charge in [0.1, 0.15) is 0 Å². The first-order valence-corrected chi connectivity index (χ1v) is 6.89. The van der Waals surface area contributed by atoms with Crippen LogP contribution in [0.25, 0.3) is 0 Å². The molecule has 0 aliphatic heterocycles. The van der Waals surface area contributed by atoms with E-state index in [0.717, 1.165) is 19.5 Å². The molecule has 0 saturated heterocycles. The van der Waals surface area contributed by atoms with E-state index >= 15 is 0 Å². The second-order valence-electron chi connectivity index (χ2n) is 4.37. The Morgan fingerprint density at radius 2 is 1.89 bits per heavy atom. The van der Waals surface area contributed by atoms with Crippen LogP contribution >= 0.6 is 15.9 Å². The third-order valence-corrected chi connectivity index (χ3v) is 3.76. The average Bonchev–Trinajstić information content (AvgIpc) is 2.40. The highest BCUT2D eigenvalue weighted by molar-refractivity contribution is 9.10. The van der Waals surface area contributed by atoms with E-state index in [-0.39, 0.29) is 0 Å². The molecule has 2 nitrogen and oxygen atoms in total. The van der Waals surface area contributed by atoms with Crippen molar-refractivity contribution in [2.24, 2.45) is 0 Å². The fourth-order valence-corrected chi connectivity index (χ4v) is 2.19. The Morgan fingerprint density at radius 1 is 1.11 bits per heavy atom. The third-order valence-electron chi connectivity index (χ3n) is 2.91. The molecule has 0 aliphatic carbocycles. The second-order valence-corrected chi connectivity index (χ2v) is 5.22. The van der Waals surface area contributed by atoms with Gasteiger partial charge in [-0.3, -0.25) is 4.98 Å². The molecule has 1 aromatic heterocycles. The zero-order valence-electron chi connectivity index (χ0n) is 10.5. The van der Waals surface area contributed by atoms with Gasteiger partial charge in [0.15, 0.2) is 0 Å². The van der Waals surface area contributed by atoms with E-state index < -0.39 is 0 Å². The molecule has 0 aliphatic rings. The molecule has 0 atom stereocenters. The molecule has 1 heterocycles. The summed E-state index contributed by atoms with van der Waals surface area (Å²) in [5.74, 6) is 0. The van der Waals surface area contributed by atoms with Crippen molar-refractivity contribution in [3.8, 4) is 0 Å². The van der Waals surface area contributed by atoms with Crippen molar-refractivity contribution in [3.63, 3.8) is 0 Å². The molecule has 0 amide bonds. The molecule has 2 aromatic rings. The predicted octanol–water partition coefficient (Wildman–Crippen LogP) is 3.48. The van der Waals surface area contributed by atoms with Gasteiger partial charge in [-0.15, -0.1) is 0 Å². The van der Waals surface area contributed by atoms with Gasteiger partial charge in [0, 0.05) is 23.4 Å². The minimum Gasteiger partial charge on any atom is -0.312 e. The van der Waals surface area contributed by atoms with Gasteiger partial charge in [-0.1, -0.05) is 28.1 Å². The van der Waals surface area contributed by atoms with Gasteiger partial charge in [-0.2, -0.15) is 0 Å². The van der Waals surface area contributed by atoms with Gasteiger partial charge in [0.05, 0.1) is 0 Å². The largest absolute Gasteiger partial charge is 0.312 e. The highest BCUT2D eigenvalue weighted by atomic mass is 79.9. The average molecular weight is 305 g/mol. The number of nitrogens with one attached hydrogen (secondary N) is 1. The molecule has 3 heteroatoms. The maximum atomic E-state index is 4.01. The molecular weight excluding hydrogens is 288 g/mol. The number of hydrogen-bond donors (Lipinski definition) is 1. The summed E-state index contributed by atoms with van der Waals surface area (Å²) >= 11 is 3.56. The SMILES string of the molecule is Cc1ccc(CNCCc2ccncc2)cc1Br. The molecule has 1 aromatic carbocycles. The lowest BCUT2D eigenvalue weighted by molar-refractivity contribution is 0.686. The Balaban J connectivity index is 1.77. The van der Waals surface area contributed by atoms with Crippen LogP contribution in [0.15, 0.2) is 47.2 Å². The van der Waals surface area contributed by atoms with E-state index in [9.17, 15) is 0 Å². The van der Waals surface area contributed by atoms with Crippen LogP contribution in [-0.4, -0.2) is 11.5 Å². The van der Waals surface area contributed by atoms with Gasteiger partial charge in [-0.25, -0.2) is 0 Å². The van der Waals surface area contributed by atoms with Crippen molar-refractivity contribution in [1.82, 2.24) is 10.3 Å². The molecule has 18 heavy (non-hydrogen) atoms. The normalized spacial score (nSPS) is 10.6. The van der Waals surface area contributed by atoms with Crippen molar-refractivity contribution in [1.29, 1.82) is 0 Å². The Labute approximate surface area is 117 Å². The van der Waals surface area contributed by atoms with E-state index in [2.05, 4.69) is 63.5 Å². The van der Waals surface area contributed by atoms with E-state index in [1.54, 1.807) is 0 Å². The summed E-state index contributed by atoms with van der Waals surface area (Å²) in [6, 6.07) is 10.6. The number of benzene rings is 1. The van der Waals surface area contributed by atoms with Crippen molar-refractivity contribution in [2.75, 3.05) is 6.54 Å². The molecule has 94 valence electrons. The summed E-state index contributed by atoms with van der Waals surface area (Å²) in [5.41, 5.74) is 3.90. The van der Waals surface area contributed by atoms with E-state index in [0.29, 0.717) is 0 Å². The van der Waals surface area contributed by atoms with Crippen LogP contribution in [0.3, 0.4) is 0 Å². The summed E-state index contributed by atoms with van der Waals surface area (Å²) in [6.07, 6.45) is 4.72. The maximum Gasteiger partial charge on any atom is 0.0270 e. The van der Waals surface area contributed by atoms with Crippen molar-refractivity contribution >= 4 is 15.9 Å². The number of aryl methyl sites for hydroxylation is 1. The summed E-state index contributed by atoms with van der Waals surface area (Å²) in [7, 11) is 0. The van der Waals surface area contributed by atoms with Crippen molar-refractivity contribution < 1.29 is 0 Å². The minimum absolute atomic E-state index is 0.907. The fourth-order valence-electron chi connectivity index (χ4n) is 1.76. The van der Waals surface area contributed by atoms with Gasteiger partial charge in [-0.05, 0) is 54.8 Å². The molecule has 0 bridgehead atoms. The highest BCUT2D eigenvalue weighted by Crippen LogP contribution is 2.17. The number of halogens is 1. The molecule has 0 saturated carbocycles. The molecule has 0 fully saturated rings. The number of pyridine rings is 1. The minimum atomic E-state index is 0.907. The number of hydrogen-bond acceptors (Lipinski definition) is 2. The topological polar surface area (TPSA) is 24.9 Å². The summed E-state index contributed by atoms with van der Waals surface area (Å²) < 4.78 is 1.18. The Morgan fingerprint density at radius 3 is 2.61 bits per heavy atom. The Hall–Kier alpha value is -1.19. The molecule has 0 unspecified atom stereocenters. The van der Waals surface area contributed by atoms with Crippen LogP contribution in [0.4, 0.5) is 0 Å². The van der Waals surface area contributed by atoms with Gasteiger partial charge < -0.3 is 5.32 Å². The fraction of sp³-hybridized carbons (Fsp3) is 0.267. The molecular formula is C15H17BrN2. The maximum absolute atomic E-state index is 4.01. The van der Waals surface area contributed by atoms with Crippen LogP contribution in [0.1, 0.15) is 16.7 Å². The van der Waals surface area contributed by atoms with E-state index in [1.807, 2.05) is 12.4 Å². The Kier molecular flexibility index (Phi) is 4.90. The standard InChI is InChI=1S/C15H17BrN2/c1-12-2-3-14(10-15(12)16)11-18-9-6-13-4-7-17-8-5-13/h2-5,7-8,10,18H,6,9,11H2,1H3. The number of nitrogens with zero attached hydrogens (tertiary/aromatic N) is 1. The van der Waals surface area contributed by atoms with Crippen molar-refractivity contribution in [2.45, 2.75) is 19.9 Å². The lowest BCUT2D eigenvalue weighted by Gasteiger charge is -2.06. The van der Waals surface area contributed by atoms with Crippen LogP contribution in [-0.2, 0) is 13.0 Å². The zero-order chi connectivity index (χ0) is 12.8. The first-order chi connectivity index (χ1) is 8.75. The van der Waals surface area contributed by atoms with Gasteiger partial charge in [0.2, 0.25) is 0 Å². The monoisotopic (exact) mass is 304 g/mol. The second kappa shape index (κ2) is 6.66. The first kappa shape index (κ1) is 13.2. The van der Waals surface area contributed by atoms with Gasteiger partial charge >= 0.3 is 0 Å². The summed E-state index contributed by atoms with van der Waals surface area (Å²) in [4.78, 5) is 4.01.